The first-order chi connectivity index (χ1) is 5.27. The van der Waals surface area contributed by atoms with Crippen molar-refractivity contribution < 1.29 is 0 Å². The minimum atomic E-state index is 0.699. The van der Waals surface area contributed by atoms with Crippen LogP contribution in [-0.2, 0) is 0 Å². The molecule has 64 valence electrons. The summed E-state index contributed by atoms with van der Waals surface area (Å²) in [5, 5.41) is 3.59. The zero-order valence-electron chi connectivity index (χ0n) is 7.56. The minimum Gasteiger partial charge on any atom is -0.312 e. The van der Waals surface area contributed by atoms with Crippen molar-refractivity contribution in [3.05, 3.63) is 0 Å². The highest BCUT2D eigenvalue weighted by molar-refractivity contribution is 5.08. The van der Waals surface area contributed by atoms with Crippen molar-refractivity contribution in [3.63, 3.8) is 0 Å². The van der Waals surface area contributed by atoms with Crippen LogP contribution >= 0.6 is 0 Å². The second-order valence-electron chi connectivity index (χ2n) is 4.17. The molecule has 1 spiro atoms. The van der Waals surface area contributed by atoms with Crippen molar-refractivity contribution in [1.29, 1.82) is 0 Å². The van der Waals surface area contributed by atoms with E-state index in [2.05, 4.69) is 24.2 Å². The van der Waals surface area contributed by atoms with Gasteiger partial charge in [0.25, 0.3) is 0 Å². The zero-order valence-corrected chi connectivity index (χ0v) is 7.56. The molecule has 1 saturated heterocycles. The molecule has 1 aliphatic heterocycles. The van der Waals surface area contributed by atoms with Gasteiger partial charge in [0, 0.05) is 19.1 Å². The summed E-state index contributed by atoms with van der Waals surface area (Å²) >= 11 is 0. The van der Waals surface area contributed by atoms with Crippen LogP contribution in [0.15, 0.2) is 0 Å². The van der Waals surface area contributed by atoms with Gasteiger partial charge in [-0.2, -0.15) is 0 Å². The molecular weight excluding hydrogens is 136 g/mol. The van der Waals surface area contributed by atoms with Gasteiger partial charge in [0.1, 0.15) is 0 Å². The number of nitrogens with zero attached hydrogens (tertiary/aromatic N) is 1. The van der Waals surface area contributed by atoms with E-state index in [1.165, 1.54) is 25.9 Å². The van der Waals surface area contributed by atoms with Crippen molar-refractivity contribution in [3.8, 4) is 0 Å². The van der Waals surface area contributed by atoms with Crippen LogP contribution in [0.1, 0.15) is 19.8 Å². The Morgan fingerprint density at radius 2 is 2.27 bits per heavy atom. The molecule has 11 heavy (non-hydrogen) atoms. The third-order valence-corrected chi connectivity index (χ3v) is 3.16. The van der Waals surface area contributed by atoms with E-state index in [1.54, 1.807) is 0 Å². The molecular formula is C9H18N2. The molecule has 0 aromatic carbocycles. The van der Waals surface area contributed by atoms with Crippen molar-refractivity contribution in [2.75, 3.05) is 26.7 Å². The molecule has 2 rings (SSSR count). The lowest BCUT2D eigenvalue weighted by atomic mass is 10.0. The predicted octanol–water partition coefficient (Wildman–Crippen LogP) is 0.690. The van der Waals surface area contributed by atoms with Crippen LogP contribution in [0, 0.1) is 5.41 Å². The summed E-state index contributed by atoms with van der Waals surface area (Å²) in [7, 11) is 2.23. The smallest absolute Gasteiger partial charge is 0.0263 e. The Morgan fingerprint density at radius 1 is 1.55 bits per heavy atom. The minimum absolute atomic E-state index is 0.699. The van der Waals surface area contributed by atoms with Crippen LogP contribution < -0.4 is 5.32 Å². The van der Waals surface area contributed by atoms with Crippen molar-refractivity contribution >= 4 is 0 Å². The molecule has 1 heterocycles. The van der Waals surface area contributed by atoms with Gasteiger partial charge in [-0.25, -0.2) is 0 Å². The topological polar surface area (TPSA) is 15.3 Å². The van der Waals surface area contributed by atoms with Gasteiger partial charge in [0.15, 0.2) is 0 Å². The summed E-state index contributed by atoms with van der Waals surface area (Å²) in [6.07, 6.45) is 2.91. The average Bonchev–Trinajstić information content (AvgIpc) is 2.61. The van der Waals surface area contributed by atoms with E-state index in [4.69, 9.17) is 0 Å². The average molecular weight is 154 g/mol. The molecule has 1 aliphatic carbocycles. The summed E-state index contributed by atoms with van der Waals surface area (Å²) in [5.41, 5.74) is 0.699. The van der Waals surface area contributed by atoms with Crippen LogP contribution in [0.25, 0.3) is 0 Å². The fourth-order valence-electron chi connectivity index (χ4n) is 2.41. The highest BCUT2D eigenvalue weighted by Gasteiger charge is 2.53. The lowest BCUT2D eigenvalue weighted by Gasteiger charge is -2.17. The van der Waals surface area contributed by atoms with E-state index in [0.717, 1.165) is 12.6 Å². The molecule has 0 bridgehead atoms. The molecule has 1 N–H and O–H groups in total. The number of nitrogens with one attached hydrogen (secondary N) is 1. The number of hydrogen-bond acceptors (Lipinski definition) is 2. The SMILES string of the molecule is CCN[C@@H]1CN(C)CC12CC2. The van der Waals surface area contributed by atoms with Crippen LogP contribution in [0.4, 0.5) is 0 Å². The maximum absolute atomic E-state index is 3.59. The van der Waals surface area contributed by atoms with Gasteiger partial charge < -0.3 is 10.2 Å². The van der Waals surface area contributed by atoms with E-state index in [0.29, 0.717) is 5.41 Å². The van der Waals surface area contributed by atoms with E-state index in [-0.39, 0.29) is 0 Å². The molecule has 0 aromatic rings. The van der Waals surface area contributed by atoms with Crippen LogP contribution in [0.2, 0.25) is 0 Å². The lowest BCUT2D eigenvalue weighted by molar-refractivity contribution is 0.389. The Bertz CT molecular complexity index is 152. The van der Waals surface area contributed by atoms with Crippen molar-refractivity contribution in [2.24, 2.45) is 5.41 Å². The molecule has 2 heteroatoms. The monoisotopic (exact) mass is 154 g/mol. The first-order valence-electron chi connectivity index (χ1n) is 4.69. The summed E-state index contributed by atoms with van der Waals surface area (Å²) in [4.78, 5) is 2.46. The zero-order chi connectivity index (χ0) is 7.90. The van der Waals surface area contributed by atoms with Crippen LogP contribution in [0.5, 0.6) is 0 Å². The third-order valence-electron chi connectivity index (χ3n) is 3.16. The highest BCUT2D eigenvalue weighted by atomic mass is 15.2. The molecule has 1 atom stereocenters. The number of likely N-dealkylation sites (N-methyl/N-ethyl adjacent to an activating group) is 2. The van der Waals surface area contributed by atoms with Gasteiger partial charge in [-0.05, 0) is 31.8 Å². The van der Waals surface area contributed by atoms with E-state index in [9.17, 15) is 0 Å². The maximum Gasteiger partial charge on any atom is 0.0263 e. The summed E-state index contributed by atoms with van der Waals surface area (Å²) in [6.45, 7) is 5.91. The van der Waals surface area contributed by atoms with Gasteiger partial charge in [0.05, 0.1) is 0 Å². The van der Waals surface area contributed by atoms with Gasteiger partial charge in [0.2, 0.25) is 0 Å². The molecule has 0 unspecified atom stereocenters. The molecule has 1 saturated carbocycles. The first kappa shape index (κ1) is 7.56. The second kappa shape index (κ2) is 2.46. The highest BCUT2D eigenvalue weighted by Crippen LogP contribution is 2.52. The van der Waals surface area contributed by atoms with Crippen molar-refractivity contribution in [2.45, 2.75) is 25.8 Å². The van der Waals surface area contributed by atoms with E-state index >= 15 is 0 Å². The lowest BCUT2D eigenvalue weighted by Crippen LogP contribution is -2.36. The summed E-state index contributed by atoms with van der Waals surface area (Å²) in [6, 6.07) is 0.789. The predicted molar refractivity (Wildman–Crippen MR) is 46.6 cm³/mol. The fraction of sp³-hybridized carbons (Fsp3) is 1.00. The number of likely N-dealkylation sites (tertiary alicyclic amines) is 1. The van der Waals surface area contributed by atoms with Crippen LogP contribution in [-0.4, -0.2) is 37.6 Å². The Labute approximate surface area is 69.0 Å². The third kappa shape index (κ3) is 1.18. The molecule has 0 amide bonds. The second-order valence-corrected chi connectivity index (χ2v) is 4.17. The largest absolute Gasteiger partial charge is 0.312 e. The number of rotatable bonds is 2. The normalized spacial score (nSPS) is 34.9. The maximum atomic E-state index is 3.59. The number of hydrogen-bond donors (Lipinski definition) is 1. The van der Waals surface area contributed by atoms with Crippen LogP contribution in [0.3, 0.4) is 0 Å². The Balaban J connectivity index is 1.97. The van der Waals surface area contributed by atoms with Gasteiger partial charge in [-0.1, -0.05) is 6.92 Å². The van der Waals surface area contributed by atoms with E-state index < -0.39 is 0 Å². The summed E-state index contributed by atoms with van der Waals surface area (Å²) < 4.78 is 0. The molecule has 2 nitrogen and oxygen atoms in total. The van der Waals surface area contributed by atoms with E-state index in [1.807, 2.05) is 0 Å². The summed E-state index contributed by atoms with van der Waals surface area (Å²) in [5.74, 6) is 0. The quantitative estimate of drug-likeness (QED) is 0.629. The Morgan fingerprint density at radius 3 is 2.82 bits per heavy atom. The van der Waals surface area contributed by atoms with Gasteiger partial charge in [-0.3, -0.25) is 0 Å². The first-order valence-corrected chi connectivity index (χ1v) is 4.69. The Hall–Kier alpha value is -0.0800. The molecule has 2 fully saturated rings. The van der Waals surface area contributed by atoms with Gasteiger partial charge in [-0.15, -0.1) is 0 Å². The molecule has 0 radical (unpaired) electrons. The fourth-order valence-corrected chi connectivity index (χ4v) is 2.41. The van der Waals surface area contributed by atoms with Crippen molar-refractivity contribution in [1.82, 2.24) is 10.2 Å². The molecule has 2 aliphatic rings. The standard InChI is InChI=1S/C9H18N2/c1-3-10-8-6-11(2)7-9(8)4-5-9/h8,10H,3-7H2,1-2H3/t8-/m1/s1. The molecule has 0 aromatic heterocycles. The van der Waals surface area contributed by atoms with Gasteiger partial charge >= 0.3 is 0 Å². The Kier molecular flexibility index (Phi) is 1.69.